The molecule has 2 aromatic heterocycles. The Bertz CT molecular complexity index is 946. The predicted octanol–water partition coefficient (Wildman–Crippen LogP) is 4.20. The lowest BCUT2D eigenvalue weighted by Crippen LogP contribution is -2.25. The predicted molar refractivity (Wildman–Crippen MR) is 114 cm³/mol. The van der Waals surface area contributed by atoms with E-state index in [1.165, 1.54) is 17.8 Å². The molecule has 2 N–H and O–H groups in total. The quantitative estimate of drug-likeness (QED) is 0.644. The molecule has 5 nitrogen and oxygen atoms in total. The van der Waals surface area contributed by atoms with E-state index in [4.69, 9.17) is 11.6 Å². The van der Waals surface area contributed by atoms with Crippen LogP contribution < -0.4 is 10.6 Å². The summed E-state index contributed by atoms with van der Waals surface area (Å²) < 4.78 is 1.86. The third kappa shape index (κ3) is 4.29. The van der Waals surface area contributed by atoms with Crippen LogP contribution in [0.15, 0.2) is 30.3 Å². The van der Waals surface area contributed by atoms with Gasteiger partial charge in [0.15, 0.2) is 0 Å². The minimum absolute atomic E-state index is 0. The summed E-state index contributed by atoms with van der Waals surface area (Å²) in [6, 6.07) is 9.52. The molecule has 1 aliphatic rings. The van der Waals surface area contributed by atoms with Gasteiger partial charge in [0, 0.05) is 17.0 Å². The first-order chi connectivity index (χ1) is 12.6. The van der Waals surface area contributed by atoms with Gasteiger partial charge in [-0.3, -0.25) is 4.79 Å². The zero-order valence-electron chi connectivity index (χ0n) is 15.0. The number of amides is 1. The van der Waals surface area contributed by atoms with E-state index in [1.54, 1.807) is 0 Å². The second-order valence-corrected chi connectivity index (χ2v) is 8.18. The molecule has 1 amide bonds. The SMILES string of the molecule is Cc1nn(-c2cccc(Cl)c2)c2sc(C(=O)NCCC3CCNC3)cc12.Cl. The van der Waals surface area contributed by atoms with E-state index in [2.05, 4.69) is 15.7 Å². The normalized spacial score (nSPS) is 16.4. The number of thiophene rings is 1. The van der Waals surface area contributed by atoms with Crippen LogP contribution in [-0.4, -0.2) is 35.3 Å². The van der Waals surface area contributed by atoms with Crippen molar-refractivity contribution in [2.45, 2.75) is 19.8 Å². The minimum atomic E-state index is -0.00537. The number of nitrogens with zero attached hydrogens (tertiary/aromatic N) is 2. The van der Waals surface area contributed by atoms with Crippen molar-refractivity contribution in [3.63, 3.8) is 0 Å². The van der Waals surface area contributed by atoms with Gasteiger partial charge in [-0.2, -0.15) is 5.10 Å². The molecule has 1 unspecified atom stereocenters. The van der Waals surface area contributed by atoms with Gasteiger partial charge in [-0.1, -0.05) is 17.7 Å². The number of hydrogen-bond donors (Lipinski definition) is 2. The number of aromatic nitrogens is 2. The van der Waals surface area contributed by atoms with Gasteiger partial charge >= 0.3 is 0 Å². The number of rotatable bonds is 5. The Morgan fingerprint density at radius 2 is 2.30 bits per heavy atom. The van der Waals surface area contributed by atoms with E-state index in [0.29, 0.717) is 10.9 Å². The fourth-order valence-corrected chi connectivity index (χ4v) is 4.66. The molecule has 4 rings (SSSR count). The molecular formula is C19H22Cl2N4OS. The topological polar surface area (TPSA) is 59.0 Å². The van der Waals surface area contributed by atoms with Crippen molar-refractivity contribution >= 4 is 51.5 Å². The van der Waals surface area contributed by atoms with Crippen molar-refractivity contribution in [1.29, 1.82) is 0 Å². The van der Waals surface area contributed by atoms with Gasteiger partial charge in [0.1, 0.15) is 4.83 Å². The maximum absolute atomic E-state index is 12.5. The molecule has 1 atom stereocenters. The highest BCUT2D eigenvalue weighted by atomic mass is 35.5. The summed E-state index contributed by atoms with van der Waals surface area (Å²) in [4.78, 5) is 14.2. The lowest BCUT2D eigenvalue weighted by molar-refractivity contribution is 0.0956. The van der Waals surface area contributed by atoms with Crippen molar-refractivity contribution in [3.8, 4) is 5.69 Å². The monoisotopic (exact) mass is 424 g/mol. The molecule has 1 aliphatic heterocycles. The van der Waals surface area contributed by atoms with E-state index >= 15 is 0 Å². The van der Waals surface area contributed by atoms with Gasteiger partial charge < -0.3 is 10.6 Å². The number of carbonyl (C=O) groups excluding carboxylic acids is 1. The largest absolute Gasteiger partial charge is 0.351 e. The van der Waals surface area contributed by atoms with E-state index in [9.17, 15) is 4.79 Å². The molecule has 3 aromatic rings. The average molecular weight is 425 g/mol. The summed E-state index contributed by atoms with van der Waals surface area (Å²) in [5, 5.41) is 12.7. The summed E-state index contributed by atoms with van der Waals surface area (Å²) >= 11 is 7.58. The Kier molecular flexibility index (Phi) is 6.42. The zero-order valence-corrected chi connectivity index (χ0v) is 17.4. The summed E-state index contributed by atoms with van der Waals surface area (Å²) in [7, 11) is 0. The van der Waals surface area contributed by atoms with E-state index < -0.39 is 0 Å². The van der Waals surface area contributed by atoms with Gasteiger partial charge in [-0.05, 0) is 63.0 Å². The molecule has 8 heteroatoms. The van der Waals surface area contributed by atoms with Crippen LogP contribution in [0.3, 0.4) is 0 Å². The summed E-state index contributed by atoms with van der Waals surface area (Å²) in [5.74, 6) is 0.672. The number of halogens is 2. The van der Waals surface area contributed by atoms with Crippen molar-refractivity contribution in [2.24, 2.45) is 5.92 Å². The van der Waals surface area contributed by atoms with Gasteiger partial charge in [-0.15, -0.1) is 23.7 Å². The van der Waals surface area contributed by atoms with Gasteiger partial charge in [-0.25, -0.2) is 4.68 Å². The van der Waals surface area contributed by atoms with Crippen molar-refractivity contribution in [1.82, 2.24) is 20.4 Å². The highest BCUT2D eigenvalue weighted by Gasteiger charge is 2.18. The molecule has 0 saturated carbocycles. The van der Waals surface area contributed by atoms with Crippen LogP contribution in [0.25, 0.3) is 15.9 Å². The highest BCUT2D eigenvalue weighted by Crippen LogP contribution is 2.31. The number of fused-ring (bicyclic) bond motifs is 1. The second kappa shape index (κ2) is 8.61. The Morgan fingerprint density at radius 1 is 1.44 bits per heavy atom. The lowest BCUT2D eigenvalue weighted by Gasteiger charge is -2.08. The molecular weight excluding hydrogens is 403 g/mol. The van der Waals surface area contributed by atoms with Crippen LogP contribution in [-0.2, 0) is 0 Å². The number of aryl methyl sites for hydroxylation is 1. The molecule has 0 spiro atoms. The van der Waals surface area contributed by atoms with Gasteiger partial charge in [0.2, 0.25) is 0 Å². The molecule has 1 saturated heterocycles. The average Bonchev–Trinajstić information content (AvgIpc) is 3.33. The van der Waals surface area contributed by atoms with Crippen molar-refractivity contribution < 1.29 is 4.79 Å². The third-order valence-corrected chi connectivity index (χ3v) is 6.17. The van der Waals surface area contributed by atoms with Crippen molar-refractivity contribution in [2.75, 3.05) is 19.6 Å². The Hall–Kier alpha value is -1.60. The number of carbonyl (C=O) groups is 1. The standard InChI is InChI=1S/C19H21ClN4OS.ClH/c1-12-16-10-17(18(25)22-8-6-13-5-7-21-11-13)26-19(16)24(23-12)15-4-2-3-14(20)9-15;/h2-4,9-10,13,21H,5-8,11H2,1H3,(H,22,25);1H. The van der Waals surface area contributed by atoms with Crippen LogP contribution >= 0.6 is 35.3 Å². The lowest BCUT2D eigenvalue weighted by atomic mass is 10.1. The fraction of sp³-hybridized carbons (Fsp3) is 0.368. The summed E-state index contributed by atoms with van der Waals surface area (Å²) in [6.45, 7) is 4.84. The van der Waals surface area contributed by atoms with Gasteiger partial charge in [0.25, 0.3) is 5.91 Å². The Balaban J connectivity index is 0.00000210. The minimum Gasteiger partial charge on any atom is -0.351 e. The third-order valence-electron chi connectivity index (χ3n) is 4.82. The Morgan fingerprint density at radius 3 is 3.04 bits per heavy atom. The molecule has 1 fully saturated rings. The van der Waals surface area contributed by atoms with Crippen molar-refractivity contribution in [3.05, 3.63) is 45.9 Å². The molecule has 0 bridgehead atoms. The van der Waals surface area contributed by atoms with Crippen LogP contribution in [0.4, 0.5) is 0 Å². The summed E-state index contributed by atoms with van der Waals surface area (Å²) in [5.41, 5.74) is 1.81. The van der Waals surface area contributed by atoms with E-state index in [0.717, 1.165) is 52.5 Å². The first-order valence-corrected chi connectivity index (χ1v) is 10.1. The molecule has 27 heavy (non-hydrogen) atoms. The number of nitrogens with one attached hydrogen (secondary N) is 2. The van der Waals surface area contributed by atoms with Crippen LogP contribution in [0.5, 0.6) is 0 Å². The first-order valence-electron chi connectivity index (χ1n) is 8.86. The molecule has 3 heterocycles. The smallest absolute Gasteiger partial charge is 0.261 e. The Labute approximate surface area is 173 Å². The fourth-order valence-electron chi connectivity index (χ4n) is 3.38. The molecule has 0 radical (unpaired) electrons. The maximum atomic E-state index is 12.5. The number of benzene rings is 1. The molecule has 0 aliphatic carbocycles. The van der Waals surface area contributed by atoms with Crippen LogP contribution in [0.2, 0.25) is 5.02 Å². The second-order valence-electron chi connectivity index (χ2n) is 6.71. The number of hydrogen-bond acceptors (Lipinski definition) is 4. The van der Waals surface area contributed by atoms with E-state index in [-0.39, 0.29) is 18.3 Å². The van der Waals surface area contributed by atoms with Gasteiger partial charge in [0.05, 0.1) is 16.3 Å². The summed E-state index contributed by atoms with van der Waals surface area (Å²) in [6.07, 6.45) is 2.23. The van der Waals surface area contributed by atoms with Crippen LogP contribution in [0.1, 0.15) is 28.2 Å². The van der Waals surface area contributed by atoms with E-state index in [1.807, 2.05) is 41.9 Å². The first kappa shape index (κ1) is 20.1. The maximum Gasteiger partial charge on any atom is 0.261 e. The highest BCUT2D eigenvalue weighted by molar-refractivity contribution is 7.20. The zero-order chi connectivity index (χ0) is 18.1. The van der Waals surface area contributed by atoms with Crippen LogP contribution in [0, 0.1) is 12.8 Å². The molecule has 1 aromatic carbocycles. The molecule has 144 valence electrons.